The summed E-state index contributed by atoms with van der Waals surface area (Å²) in [5, 5.41) is 2.63. The van der Waals surface area contributed by atoms with E-state index in [2.05, 4.69) is 10.3 Å². The van der Waals surface area contributed by atoms with E-state index in [1.165, 1.54) is 17.4 Å². The lowest BCUT2D eigenvalue weighted by Crippen LogP contribution is -2.57. The molecule has 2 aliphatic rings. The molecule has 9 heteroatoms. The minimum atomic E-state index is -1.95. The van der Waals surface area contributed by atoms with Crippen LogP contribution >= 0.6 is 11.3 Å². The largest absolute Gasteiger partial charge is 0.295 e. The molecule has 1 fully saturated rings. The van der Waals surface area contributed by atoms with Crippen molar-refractivity contribution in [2.45, 2.75) is 18.4 Å². The molecule has 1 unspecified atom stereocenters. The molecule has 0 aliphatic carbocycles. The Morgan fingerprint density at radius 1 is 1.14 bits per heavy atom. The van der Waals surface area contributed by atoms with Crippen LogP contribution in [0.15, 0.2) is 42.5 Å². The van der Waals surface area contributed by atoms with Crippen molar-refractivity contribution >= 4 is 45.2 Å². The predicted molar refractivity (Wildman–Crippen MR) is 100 cm³/mol. The van der Waals surface area contributed by atoms with Crippen LogP contribution in [0, 0.1) is 5.82 Å². The molecule has 4 amide bonds. The standard InChI is InChI=1S/C20H12FN3O4S/c21-10-5-6-11-12(7-10)20(8-15(25)23-18(20)27)19(28)24(17(11)26)9-16-22-13-3-1-2-4-14(13)29-16/h1-7H,8-9H2,(H,23,25,27). The number of rotatable bonds is 2. The average Bonchev–Trinajstić information content (AvgIpc) is 3.24. The smallest absolute Gasteiger partial charge is 0.261 e. The van der Waals surface area contributed by atoms with Gasteiger partial charge in [0.15, 0.2) is 5.41 Å². The molecule has 7 nitrogen and oxygen atoms in total. The second-order valence-corrected chi connectivity index (χ2v) is 8.04. The maximum atomic E-state index is 13.9. The Labute approximate surface area is 167 Å². The number of nitrogens with one attached hydrogen (secondary N) is 1. The SMILES string of the molecule is O=C1CC2(C(=O)N1)C(=O)N(Cc1nc3ccccc3s1)C(=O)c1ccc(F)cc12. The zero-order valence-electron chi connectivity index (χ0n) is 14.8. The van der Waals surface area contributed by atoms with Crippen LogP contribution in [-0.2, 0) is 26.3 Å². The second kappa shape index (κ2) is 6.02. The number of imide groups is 2. The molecular weight excluding hydrogens is 397 g/mol. The Kier molecular flexibility index (Phi) is 3.66. The van der Waals surface area contributed by atoms with Gasteiger partial charge in [-0.2, -0.15) is 0 Å². The molecule has 144 valence electrons. The number of carbonyl (C=O) groups is 4. The van der Waals surface area contributed by atoms with Crippen LogP contribution in [0.25, 0.3) is 10.2 Å². The number of halogens is 1. The van der Waals surface area contributed by atoms with Gasteiger partial charge < -0.3 is 0 Å². The highest BCUT2D eigenvalue weighted by atomic mass is 32.1. The highest BCUT2D eigenvalue weighted by molar-refractivity contribution is 7.18. The fourth-order valence-corrected chi connectivity index (χ4v) is 4.85. The van der Waals surface area contributed by atoms with Crippen molar-refractivity contribution in [1.29, 1.82) is 0 Å². The fourth-order valence-electron chi connectivity index (χ4n) is 3.89. The Hall–Kier alpha value is -3.46. The third-order valence-electron chi connectivity index (χ3n) is 5.23. The van der Waals surface area contributed by atoms with Crippen LogP contribution < -0.4 is 5.32 Å². The van der Waals surface area contributed by atoms with E-state index < -0.39 is 41.3 Å². The van der Waals surface area contributed by atoms with Crippen molar-refractivity contribution in [3.05, 3.63) is 64.4 Å². The van der Waals surface area contributed by atoms with Gasteiger partial charge in [-0.05, 0) is 35.9 Å². The van der Waals surface area contributed by atoms with Gasteiger partial charge in [0, 0.05) is 5.56 Å². The van der Waals surface area contributed by atoms with E-state index in [0.717, 1.165) is 27.2 Å². The number of amides is 4. The quantitative estimate of drug-likeness (QED) is 0.515. The molecule has 1 spiro atoms. The van der Waals surface area contributed by atoms with E-state index in [1.807, 2.05) is 24.3 Å². The summed E-state index contributed by atoms with van der Waals surface area (Å²) in [4.78, 5) is 56.4. The fraction of sp³-hybridized carbons (Fsp3) is 0.150. The molecule has 0 radical (unpaired) electrons. The molecule has 1 aromatic heterocycles. The third kappa shape index (κ3) is 2.44. The first-order valence-corrected chi connectivity index (χ1v) is 9.57. The Morgan fingerprint density at radius 2 is 1.93 bits per heavy atom. The molecule has 1 saturated heterocycles. The predicted octanol–water partition coefficient (Wildman–Crippen LogP) is 1.90. The van der Waals surface area contributed by atoms with Gasteiger partial charge >= 0.3 is 0 Å². The summed E-state index contributed by atoms with van der Waals surface area (Å²) in [5.41, 5.74) is -1.26. The van der Waals surface area contributed by atoms with E-state index in [-0.39, 0.29) is 17.7 Å². The molecule has 0 bridgehead atoms. The van der Waals surface area contributed by atoms with E-state index in [0.29, 0.717) is 5.01 Å². The van der Waals surface area contributed by atoms with Crippen LogP contribution in [0.3, 0.4) is 0 Å². The summed E-state index contributed by atoms with van der Waals surface area (Å²) < 4.78 is 14.8. The van der Waals surface area contributed by atoms with Crippen LogP contribution in [0.4, 0.5) is 4.39 Å². The Morgan fingerprint density at radius 3 is 2.66 bits per heavy atom. The number of aromatic nitrogens is 1. The first-order valence-electron chi connectivity index (χ1n) is 8.75. The summed E-state index contributed by atoms with van der Waals surface area (Å²) >= 11 is 1.33. The van der Waals surface area contributed by atoms with Crippen molar-refractivity contribution in [3.8, 4) is 0 Å². The van der Waals surface area contributed by atoms with Gasteiger partial charge in [0.05, 0.1) is 23.2 Å². The van der Waals surface area contributed by atoms with Crippen LogP contribution in [0.2, 0.25) is 0 Å². The van der Waals surface area contributed by atoms with E-state index in [9.17, 15) is 23.6 Å². The van der Waals surface area contributed by atoms with Crippen LogP contribution in [0.1, 0.15) is 27.3 Å². The summed E-state index contributed by atoms with van der Waals surface area (Å²) in [7, 11) is 0. The van der Waals surface area contributed by atoms with Gasteiger partial charge in [-0.1, -0.05) is 12.1 Å². The summed E-state index contributed by atoms with van der Waals surface area (Å²) in [5.74, 6) is -3.69. The number of para-hydroxylation sites is 1. The number of thiazole rings is 1. The molecular formula is C20H12FN3O4S. The minimum absolute atomic E-state index is 0.0250. The molecule has 2 aromatic carbocycles. The van der Waals surface area contributed by atoms with Gasteiger partial charge in [-0.15, -0.1) is 11.3 Å². The second-order valence-electron chi connectivity index (χ2n) is 6.92. The van der Waals surface area contributed by atoms with Crippen molar-refractivity contribution in [1.82, 2.24) is 15.2 Å². The number of carbonyl (C=O) groups excluding carboxylic acids is 4. The van der Waals surface area contributed by atoms with E-state index in [1.54, 1.807) is 0 Å². The maximum Gasteiger partial charge on any atom is 0.261 e. The zero-order chi connectivity index (χ0) is 20.3. The molecule has 3 heterocycles. The molecule has 29 heavy (non-hydrogen) atoms. The monoisotopic (exact) mass is 409 g/mol. The molecule has 3 aromatic rings. The normalized spacial score (nSPS) is 21.2. The zero-order valence-corrected chi connectivity index (χ0v) is 15.6. The van der Waals surface area contributed by atoms with Crippen LogP contribution in [-0.4, -0.2) is 33.5 Å². The van der Waals surface area contributed by atoms with Crippen molar-refractivity contribution in [2.75, 3.05) is 0 Å². The lowest BCUT2D eigenvalue weighted by molar-refractivity contribution is -0.142. The number of hydrogen-bond acceptors (Lipinski definition) is 6. The number of nitrogens with zero attached hydrogens (tertiary/aromatic N) is 2. The first kappa shape index (κ1) is 17.6. The first-order chi connectivity index (χ1) is 13.9. The lowest BCUT2D eigenvalue weighted by atomic mass is 9.72. The number of fused-ring (bicyclic) bond motifs is 3. The number of benzene rings is 2. The lowest BCUT2D eigenvalue weighted by Gasteiger charge is -2.36. The minimum Gasteiger partial charge on any atom is -0.295 e. The Bertz CT molecular complexity index is 1220. The summed E-state index contributed by atoms with van der Waals surface area (Å²) in [6.07, 6.45) is -0.468. The van der Waals surface area contributed by atoms with Gasteiger partial charge in [0.25, 0.3) is 11.8 Å². The van der Waals surface area contributed by atoms with Gasteiger partial charge in [0.2, 0.25) is 11.8 Å². The highest BCUT2D eigenvalue weighted by Crippen LogP contribution is 2.41. The van der Waals surface area contributed by atoms with Gasteiger partial charge in [-0.3, -0.25) is 29.4 Å². The molecule has 1 N–H and O–H groups in total. The summed E-state index contributed by atoms with van der Waals surface area (Å²) in [6.45, 7) is -0.142. The molecule has 0 saturated carbocycles. The topological polar surface area (TPSA) is 96.4 Å². The third-order valence-corrected chi connectivity index (χ3v) is 6.25. The Balaban J connectivity index is 1.64. The van der Waals surface area contributed by atoms with E-state index in [4.69, 9.17) is 0 Å². The highest BCUT2D eigenvalue weighted by Gasteiger charge is 2.60. The van der Waals surface area contributed by atoms with Crippen molar-refractivity contribution in [2.24, 2.45) is 0 Å². The molecule has 5 rings (SSSR count). The van der Waals surface area contributed by atoms with Crippen molar-refractivity contribution in [3.63, 3.8) is 0 Å². The molecule has 2 aliphatic heterocycles. The van der Waals surface area contributed by atoms with Crippen molar-refractivity contribution < 1.29 is 23.6 Å². The van der Waals surface area contributed by atoms with E-state index >= 15 is 0 Å². The summed E-state index contributed by atoms with van der Waals surface area (Å²) in [6, 6.07) is 10.7. The van der Waals surface area contributed by atoms with Gasteiger partial charge in [-0.25, -0.2) is 9.37 Å². The van der Waals surface area contributed by atoms with Crippen LogP contribution in [0.5, 0.6) is 0 Å². The maximum absolute atomic E-state index is 13.9. The molecule has 1 atom stereocenters. The number of hydrogen-bond donors (Lipinski definition) is 1. The average molecular weight is 409 g/mol. The van der Waals surface area contributed by atoms with Gasteiger partial charge in [0.1, 0.15) is 10.8 Å².